The van der Waals surface area contributed by atoms with Gasteiger partial charge in [-0.25, -0.2) is 13.6 Å². The third-order valence-electron chi connectivity index (χ3n) is 2.14. The standard InChI is InChI=1S/C11H10F2N4OS/c1-6-4-7(2-3-14-6)15-11(18)16-9-5-8(10(12)13)17-19-9/h2-5,10H,1H3,(H2,14,15,16,18). The van der Waals surface area contributed by atoms with Crippen LogP contribution in [-0.2, 0) is 0 Å². The van der Waals surface area contributed by atoms with Crippen molar-refractivity contribution in [1.82, 2.24) is 9.36 Å². The molecule has 2 N–H and O–H groups in total. The lowest BCUT2D eigenvalue weighted by Crippen LogP contribution is -2.18. The minimum atomic E-state index is -2.64. The number of amides is 2. The van der Waals surface area contributed by atoms with E-state index >= 15 is 0 Å². The van der Waals surface area contributed by atoms with E-state index in [1.807, 2.05) is 0 Å². The van der Waals surface area contributed by atoms with Crippen LogP contribution in [0.4, 0.5) is 24.3 Å². The third-order valence-corrected chi connectivity index (χ3v) is 2.86. The van der Waals surface area contributed by atoms with Crippen molar-refractivity contribution in [3.63, 3.8) is 0 Å². The summed E-state index contributed by atoms with van der Waals surface area (Å²) in [7, 11) is 0. The van der Waals surface area contributed by atoms with Crippen molar-refractivity contribution in [2.24, 2.45) is 0 Å². The Kier molecular flexibility index (Phi) is 4.00. The maximum atomic E-state index is 12.3. The Labute approximate surface area is 111 Å². The van der Waals surface area contributed by atoms with Crippen molar-refractivity contribution in [2.75, 3.05) is 10.6 Å². The van der Waals surface area contributed by atoms with Gasteiger partial charge in [0.25, 0.3) is 6.43 Å². The van der Waals surface area contributed by atoms with Crippen LogP contribution in [0.5, 0.6) is 0 Å². The van der Waals surface area contributed by atoms with Crippen LogP contribution < -0.4 is 10.6 Å². The predicted molar refractivity (Wildman–Crippen MR) is 68.7 cm³/mol. The molecule has 19 heavy (non-hydrogen) atoms. The van der Waals surface area contributed by atoms with E-state index in [0.29, 0.717) is 5.69 Å². The van der Waals surface area contributed by atoms with E-state index in [4.69, 9.17) is 0 Å². The van der Waals surface area contributed by atoms with E-state index in [-0.39, 0.29) is 10.7 Å². The second kappa shape index (κ2) is 5.70. The number of urea groups is 1. The van der Waals surface area contributed by atoms with Gasteiger partial charge in [-0.15, -0.1) is 0 Å². The van der Waals surface area contributed by atoms with Crippen LogP contribution in [0, 0.1) is 6.92 Å². The van der Waals surface area contributed by atoms with Gasteiger partial charge in [0.15, 0.2) is 0 Å². The number of pyridine rings is 1. The summed E-state index contributed by atoms with van der Waals surface area (Å²) in [5.41, 5.74) is 0.985. The molecule has 0 bridgehead atoms. The summed E-state index contributed by atoms with van der Waals surface area (Å²) < 4.78 is 28.2. The van der Waals surface area contributed by atoms with Crippen molar-refractivity contribution >= 4 is 28.3 Å². The number of halogens is 2. The number of nitrogens with zero attached hydrogens (tertiary/aromatic N) is 2. The van der Waals surface area contributed by atoms with Gasteiger partial charge in [-0.1, -0.05) is 0 Å². The zero-order chi connectivity index (χ0) is 13.8. The number of anilines is 2. The van der Waals surface area contributed by atoms with Gasteiger partial charge in [0.1, 0.15) is 10.7 Å². The first kappa shape index (κ1) is 13.3. The third kappa shape index (κ3) is 3.68. The van der Waals surface area contributed by atoms with E-state index in [1.165, 1.54) is 0 Å². The predicted octanol–water partition coefficient (Wildman–Crippen LogP) is 3.43. The van der Waals surface area contributed by atoms with Crippen LogP contribution in [0.25, 0.3) is 0 Å². The zero-order valence-corrected chi connectivity index (χ0v) is 10.7. The monoisotopic (exact) mass is 284 g/mol. The summed E-state index contributed by atoms with van der Waals surface area (Å²) in [4.78, 5) is 15.6. The molecule has 0 saturated carbocycles. The Balaban J connectivity index is 1.97. The molecule has 100 valence electrons. The van der Waals surface area contributed by atoms with Gasteiger partial charge in [0.2, 0.25) is 0 Å². The highest BCUT2D eigenvalue weighted by molar-refractivity contribution is 7.10. The van der Waals surface area contributed by atoms with Gasteiger partial charge in [0, 0.05) is 23.6 Å². The van der Waals surface area contributed by atoms with Crippen LogP contribution in [-0.4, -0.2) is 15.4 Å². The molecule has 0 radical (unpaired) electrons. The number of hydrogen-bond acceptors (Lipinski definition) is 4. The number of aromatic nitrogens is 2. The molecule has 0 fully saturated rings. The van der Waals surface area contributed by atoms with Crippen molar-refractivity contribution in [1.29, 1.82) is 0 Å². The number of carbonyl (C=O) groups is 1. The Morgan fingerprint density at radius 3 is 2.79 bits per heavy atom. The highest BCUT2D eigenvalue weighted by Crippen LogP contribution is 2.24. The minimum absolute atomic E-state index is 0.263. The van der Waals surface area contributed by atoms with E-state index in [2.05, 4.69) is 20.0 Å². The van der Waals surface area contributed by atoms with Crippen molar-refractivity contribution in [3.8, 4) is 0 Å². The quantitative estimate of drug-likeness (QED) is 0.907. The fourth-order valence-electron chi connectivity index (χ4n) is 1.35. The Hall–Kier alpha value is -2.09. The van der Waals surface area contributed by atoms with Crippen LogP contribution in [0.2, 0.25) is 0 Å². The van der Waals surface area contributed by atoms with E-state index in [1.54, 1.807) is 25.3 Å². The summed E-state index contributed by atoms with van der Waals surface area (Å²) in [6, 6.07) is 3.95. The summed E-state index contributed by atoms with van der Waals surface area (Å²) >= 11 is 0.806. The summed E-state index contributed by atoms with van der Waals surface area (Å²) in [6.45, 7) is 1.79. The number of carbonyl (C=O) groups excluding carboxylic acids is 1. The number of nitrogens with one attached hydrogen (secondary N) is 2. The topological polar surface area (TPSA) is 66.9 Å². The molecule has 0 aliphatic heterocycles. The fraction of sp³-hybridized carbons (Fsp3) is 0.182. The molecule has 0 aromatic carbocycles. The van der Waals surface area contributed by atoms with Gasteiger partial charge in [-0.2, -0.15) is 4.37 Å². The van der Waals surface area contributed by atoms with Crippen molar-refractivity contribution in [3.05, 3.63) is 35.8 Å². The first-order valence-electron chi connectivity index (χ1n) is 5.30. The fourth-order valence-corrected chi connectivity index (χ4v) is 2.00. The number of rotatable bonds is 3. The van der Waals surface area contributed by atoms with E-state index in [9.17, 15) is 13.6 Å². The molecule has 5 nitrogen and oxygen atoms in total. The van der Waals surface area contributed by atoms with Crippen LogP contribution >= 0.6 is 11.5 Å². The van der Waals surface area contributed by atoms with Gasteiger partial charge in [-0.3, -0.25) is 10.3 Å². The van der Waals surface area contributed by atoms with Gasteiger partial charge < -0.3 is 5.32 Å². The summed E-state index contributed by atoms with van der Waals surface area (Å²) in [5, 5.41) is 5.27. The van der Waals surface area contributed by atoms with Crippen molar-refractivity contribution in [2.45, 2.75) is 13.3 Å². The molecule has 0 aliphatic carbocycles. The molecule has 0 unspecified atom stereocenters. The van der Waals surface area contributed by atoms with Crippen LogP contribution in [0.3, 0.4) is 0 Å². The van der Waals surface area contributed by atoms with Gasteiger partial charge in [-0.05, 0) is 30.6 Å². The first-order chi connectivity index (χ1) is 9.04. The molecule has 0 aliphatic rings. The van der Waals surface area contributed by atoms with E-state index < -0.39 is 12.5 Å². The zero-order valence-electron chi connectivity index (χ0n) is 9.85. The SMILES string of the molecule is Cc1cc(NC(=O)Nc2cc(C(F)F)ns2)ccn1. The molecule has 2 rings (SSSR count). The molecular formula is C11H10F2N4OS. The lowest BCUT2D eigenvalue weighted by molar-refractivity contribution is 0.147. The summed E-state index contributed by atoms with van der Waals surface area (Å²) in [6.07, 6.45) is -1.08. The molecule has 2 aromatic heterocycles. The summed E-state index contributed by atoms with van der Waals surface area (Å²) in [5.74, 6) is 0. The second-order valence-corrected chi connectivity index (χ2v) is 4.49. The maximum absolute atomic E-state index is 12.3. The normalized spacial score (nSPS) is 10.5. The molecular weight excluding hydrogens is 274 g/mol. The van der Waals surface area contributed by atoms with Crippen LogP contribution in [0.15, 0.2) is 24.4 Å². The Bertz CT molecular complexity index is 588. The largest absolute Gasteiger partial charge is 0.324 e. The number of aryl methyl sites for hydroxylation is 1. The molecule has 0 atom stereocenters. The smallest absolute Gasteiger partial charge is 0.308 e. The van der Waals surface area contributed by atoms with Crippen molar-refractivity contribution < 1.29 is 13.6 Å². The molecule has 2 heterocycles. The van der Waals surface area contributed by atoms with E-state index in [0.717, 1.165) is 23.3 Å². The van der Waals surface area contributed by atoms with Gasteiger partial charge in [0.05, 0.1) is 0 Å². The Morgan fingerprint density at radius 1 is 1.37 bits per heavy atom. The molecule has 2 amide bonds. The molecule has 0 spiro atoms. The first-order valence-corrected chi connectivity index (χ1v) is 6.07. The average Bonchev–Trinajstić information content (AvgIpc) is 2.77. The lowest BCUT2D eigenvalue weighted by atomic mass is 10.3. The number of alkyl halides is 2. The minimum Gasteiger partial charge on any atom is -0.308 e. The van der Waals surface area contributed by atoms with Crippen LogP contribution in [0.1, 0.15) is 17.8 Å². The highest BCUT2D eigenvalue weighted by atomic mass is 32.1. The molecule has 0 saturated heterocycles. The van der Waals surface area contributed by atoms with Gasteiger partial charge >= 0.3 is 6.03 Å². The maximum Gasteiger partial charge on any atom is 0.324 e. The Morgan fingerprint density at radius 2 is 2.16 bits per heavy atom. The highest BCUT2D eigenvalue weighted by Gasteiger charge is 2.13. The second-order valence-electron chi connectivity index (χ2n) is 3.68. The molecule has 2 aromatic rings. The lowest BCUT2D eigenvalue weighted by Gasteiger charge is -2.05. The number of hydrogen-bond donors (Lipinski definition) is 2. The molecule has 8 heteroatoms. The average molecular weight is 284 g/mol.